The van der Waals surface area contributed by atoms with Gasteiger partial charge in [0, 0.05) is 18.5 Å². The Labute approximate surface area is 140 Å². The molecule has 0 spiro atoms. The minimum absolute atomic E-state index is 0.181. The molecule has 0 saturated carbocycles. The van der Waals surface area contributed by atoms with Gasteiger partial charge in [0.1, 0.15) is 5.76 Å². The minimum Gasteiger partial charge on any atom is -0.459 e. The summed E-state index contributed by atoms with van der Waals surface area (Å²) >= 11 is 1.53. The monoisotopic (exact) mass is 333 g/mol. The number of thiazole rings is 1. The molecule has 2 aromatic rings. The fourth-order valence-corrected chi connectivity index (χ4v) is 3.77. The summed E-state index contributed by atoms with van der Waals surface area (Å²) in [5, 5.41) is 6.02. The number of nitrogens with one attached hydrogen (secondary N) is 1. The van der Waals surface area contributed by atoms with Gasteiger partial charge in [-0.1, -0.05) is 0 Å². The lowest BCUT2D eigenvalue weighted by Gasteiger charge is -2.31. The molecular weight excluding hydrogens is 310 g/mol. The molecule has 23 heavy (non-hydrogen) atoms. The molecule has 3 rings (SSSR count). The predicted molar refractivity (Wildman–Crippen MR) is 91.5 cm³/mol. The van der Waals surface area contributed by atoms with E-state index in [1.165, 1.54) is 11.3 Å². The highest BCUT2D eigenvalue weighted by atomic mass is 32.1. The maximum atomic E-state index is 12.4. The lowest BCUT2D eigenvalue weighted by Crippen LogP contribution is -2.41. The first-order valence-electron chi connectivity index (χ1n) is 8.09. The van der Waals surface area contributed by atoms with E-state index in [-0.39, 0.29) is 5.91 Å². The van der Waals surface area contributed by atoms with Gasteiger partial charge in [0.05, 0.1) is 12.1 Å². The van der Waals surface area contributed by atoms with Gasteiger partial charge in [-0.2, -0.15) is 0 Å². The van der Waals surface area contributed by atoms with Gasteiger partial charge in [0.15, 0.2) is 10.8 Å². The zero-order valence-electron chi connectivity index (χ0n) is 13.7. The molecule has 1 fully saturated rings. The highest BCUT2D eigenvalue weighted by Crippen LogP contribution is 2.26. The van der Waals surface area contributed by atoms with E-state index in [9.17, 15) is 4.79 Å². The van der Waals surface area contributed by atoms with Crippen LogP contribution in [0.15, 0.2) is 21.9 Å². The molecule has 124 valence electrons. The van der Waals surface area contributed by atoms with Crippen LogP contribution in [-0.4, -0.2) is 42.5 Å². The van der Waals surface area contributed by atoms with Gasteiger partial charge in [-0.25, -0.2) is 4.98 Å². The van der Waals surface area contributed by atoms with Crippen LogP contribution in [0.5, 0.6) is 0 Å². The normalized spacial score (nSPS) is 16.0. The molecule has 0 aromatic carbocycles. The van der Waals surface area contributed by atoms with Gasteiger partial charge in [0.25, 0.3) is 0 Å². The number of rotatable bonds is 5. The maximum Gasteiger partial charge on any atom is 0.228 e. The molecule has 3 heterocycles. The molecule has 1 saturated heterocycles. The highest BCUT2D eigenvalue weighted by molar-refractivity contribution is 7.13. The summed E-state index contributed by atoms with van der Waals surface area (Å²) in [7, 11) is 1.98. The number of nitrogens with zero attached hydrogens (tertiary/aromatic N) is 2. The standard InChI is InChI=1S/C17H23N3O2S/c1-12-3-4-15(22-12)17-19-14(11-23-17)9-16(21)20-7-5-13(6-8-20)10-18-2/h3-4,11,13,18H,5-10H2,1-2H3. The van der Waals surface area contributed by atoms with Crippen LogP contribution in [-0.2, 0) is 11.2 Å². The van der Waals surface area contributed by atoms with E-state index in [1.54, 1.807) is 0 Å². The first kappa shape index (κ1) is 16.2. The third kappa shape index (κ3) is 4.00. The number of amides is 1. The molecule has 1 amide bonds. The predicted octanol–water partition coefficient (Wildman–Crippen LogP) is 2.71. The van der Waals surface area contributed by atoms with Crippen molar-refractivity contribution in [2.45, 2.75) is 26.2 Å². The molecule has 1 aliphatic heterocycles. The molecule has 0 aliphatic carbocycles. The SMILES string of the molecule is CNCC1CCN(C(=O)Cc2csc(-c3ccc(C)o3)n2)CC1. The fraction of sp³-hybridized carbons (Fsp3) is 0.529. The maximum absolute atomic E-state index is 12.4. The van der Waals surface area contributed by atoms with Crippen molar-refractivity contribution in [3.63, 3.8) is 0 Å². The molecule has 0 radical (unpaired) electrons. The van der Waals surface area contributed by atoms with Crippen molar-refractivity contribution in [1.82, 2.24) is 15.2 Å². The number of piperidine rings is 1. The van der Waals surface area contributed by atoms with Crippen molar-refractivity contribution in [3.05, 3.63) is 29.0 Å². The first-order chi connectivity index (χ1) is 11.2. The van der Waals surface area contributed by atoms with Crippen LogP contribution < -0.4 is 5.32 Å². The minimum atomic E-state index is 0.181. The van der Waals surface area contributed by atoms with Crippen molar-refractivity contribution < 1.29 is 9.21 Å². The Morgan fingerprint density at radius 2 is 2.22 bits per heavy atom. The van der Waals surface area contributed by atoms with E-state index >= 15 is 0 Å². The van der Waals surface area contributed by atoms with Crippen LogP contribution in [0.4, 0.5) is 0 Å². The van der Waals surface area contributed by atoms with Crippen LogP contribution in [0.1, 0.15) is 24.3 Å². The van der Waals surface area contributed by atoms with Gasteiger partial charge in [-0.15, -0.1) is 11.3 Å². The van der Waals surface area contributed by atoms with Crippen molar-refractivity contribution >= 4 is 17.2 Å². The number of aromatic nitrogens is 1. The Bertz CT molecular complexity index is 656. The summed E-state index contributed by atoms with van der Waals surface area (Å²) in [6.07, 6.45) is 2.55. The van der Waals surface area contributed by atoms with Gasteiger partial charge in [-0.05, 0) is 51.4 Å². The first-order valence-corrected chi connectivity index (χ1v) is 8.97. The number of likely N-dealkylation sites (tertiary alicyclic amines) is 1. The number of hydrogen-bond acceptors (Lipinski definition) is 5. The molecule has 6 heteroatoms. The van der Waals surface area contributed by atoms with Crippen LogP contribution in [0.25, 0.3) is 10.8 Å². The number of carbonyl (C=O) groups excluding carboxylic acids is 1. The summed E-state index contributed by atoms with van der Waals surface area (Å²) in [6.45, 7) is 4.68. The quantitative estimate of drug-likeness (QED) is 0.914. The van der Waals surface area contributed by atoms with Gasteiger partial charge in [0.2, 0.25) is 5.91 Å². The fourth-order valence-electron chi connectivity index (χ4n) is 2.99. The second-order valence-electron chi connectivity index (χ2n) is 6.11. The van der Waals surface area contributed by atoms with E-state index < -0.39 is 0 Å². The third-order valence-electron chi connectivity index (χ3n) is 4.30. The van der Waals surface area contributed by atoms with Crippen molar-refractivity contribution in [1.29, 1.82) is 0 Å². The summed E-state index contributed by atoms with van der Waals surface area (Å²) in [5.41, 5.74) is 0.835. The molecule has 0 atom stereocenters. The van der Waals surface area contributed by atoms with Crippen molar-refractivity contribution in [2.24, 2.45) is 5.92 Å². The molecule has 0 unspecified atom stereocenters. The molecule has 1 aliphatic rings. The second kappa shape index (κ2) is 7.27. The van der Waals surface area contributed by atoms with Gasteiger partial charge < -0.3 is 14.6 Å². The second-order valence-corrected chi connectivity index (χ2v) is 6.97. The molecule has 5 nitrogen and oxygen atoms in total. The van der Waals surface area contributed by atoms with E-state index in [0.29, 0.717) is 12.3 Å². The zero-order chi connectivity index (χ0) is 16.2. The Kier molecular flexibility index (Phi) is 5.13. The van der Waals surface area contributed by atoms with Crippen molar-refractivity contribution in [3.8, 4) is 10.8 Å². The average Bonchev–Trinajstić information content (AvgIpc) is 3.17. The van der Waals surface area contributed by atoms with Crippen LogP contribution in [0, 0.1) is 12.8 Å². The number of furan rings is 1. The summed E-state index contributed by atoms with van der Waals surface area (Å²) in [4.78, 5) is 18.9. The van der Waals surface area contributed by atoms with E-state index in [0.717, 1.165) is 54.7 Å². The van der Waals surface area contributed by atoms with Crippen LogP contribution in [0.3, 0.4) is 0 Å². The van der Waals surface area contributed by atoms with E-state index in [1.807, 2.05) is 36.4 Å². The van der Waals surface area contributed by atoms with Gasteiger partial charge in [-0.3, -0.25) is 4.79 Å². The summed E-state index contributed by atoms with van der Waals surface area (Å²) in [6, 6.07) is 3.85. The zero-order valence-corrected chi connectivity index (χ0v) is 14.5. The smallest absolute Gasteiger partial charge is 0.228 e. The number of hydrogen-bond donors (Lipinski definition) is 1. The molecular formula is C17H23N3O2S. The largest absolute Gasteiger partial charge is 0.459 e. The lowest BCUT2D eigenvalue weighted by molar-refractivity contribution is -0.131. The van der Waals surface area contributed by atoms with Crippen molar-refractivity contribution in [2.75, 3.05) is 26.7 Å². The molecule has 0 bridgehead atoms. The topological polar surface area (TPSA) is 58.4 Å². The average molecular weight is 333 g/mol. The Morgan fingerprint density at radius 1 is 1.43 bits per heavy atom. The Balaban J connectivity index is 1.55. The number of carbonyl (C=O) groups is 1. The van der Waals surface area contributed by atoms with Gasteiger partial charge >= 0.3 is 0 Å². The van der Waals surface area contributed by atoms with Crippen LogP contribution in [0.2, 0.25) is 0 Å². The Morgan fingerprint density at radius 3 is 2.87 bits per heavy atom. The van der Waals surface area contributed by atoms with Crippen LogP contribution >= 0.6 is 11.3 Å². The third-order valence-corrected chi connectivity index (χ3v) is 5.20. The Hall–Kier alpha value is -1.66. The number of aryl methyl sites for hydroxylation is 1. The lowest BCUT2D eigenvalue weighted by atomic mass is 9.96. The summed E-state index contributed by atoms with van der Waals surface area (Å²) < 4.78 is 5.59. The van der Waals surface area contributed by atoms with E-state index in [4.69, 9.17) is 4.42 Å². The summed E-state index contributed by atoms with van der Waals surface area (Å²) in [5.74, 6) is 2.52. The highest BCUT2D eigenvalue weighted by Gasteiger charge is 2.23. The molecule has 2 aromatic heterocycles. The molecule has 1 N–H and O–H groups in total. The van der Waals surface area contributed by atoms with E-state index in [2.05, 4.69) is 10.3 Å².